The first kappa shape index (κ1) is 19.2. The van der Waals surface area contributed by atoms with Crippen LogP contribution in [0.4, 0.5) is 0 Å². The maximum absolute atomic E-state index is 10.7. The lowest BCUT2D eigenvalue weighted by Crippen LogP contribution is -2.32. The summed E-state index contributed by atoms with van der Waals surface area (Å²) in [4.78, 5) is 21.0. The van der Waals surface area contributed by atoms with Crippen LogP contribution in [0.3, 0.4) is 0 Å². The molecule has 0 radical (unpaired) electrons. The van der Waals surface area contributed by atoms with Crippen molar-refractivity contribution in [1.29, 1.82) is 0 Å². The van der Waals surface area contributed by atoms with Crippen molar-refractivity contribution in [3.8, 4) is 0 Å². The fourth-order valence-electron chi connectivity index (χ4n) is 0.913. The standard InChI is InChI=1S/C8H17N3O3.C3H9N/c9-5-7(12)11-4-2-1-3-6(10)8(13)14;1-2-3-4/h6H,1-5,9-10H2,(H,11,12)(H,13,14);2-4H2,1H3. The molecule has 0 fully saturated rings. The number of carbonyl (C=O) groups is 2. The van der Waals surface area contributed by atoms with Crippen molar-refractivity contribution in [2.75, 3.05) is 19.6 Å². The Hall–Kier alpha value is -1.18. The predicted molar refractivity (Wildman–Crippen MR) is 70.9 cm³/mol. The monoisotopic (exact) mass is 262 g/mol. The van der Waals surface area contributed by atoms with Crippen LogP contribution in [0.5, 0.6) is 0 Å². The largest absolute Gasteiger partial charge is 0.480 e. The van der Waals surface area contributed by atoms with Crippen LogP contribution in [0.2, 0.25) is 0 Å². The molecule has 0 aromatic carbocycles. The second-order valence-electron chi connectivity index (χ2n) is 3.78. The van der Waals surface area contributed by atoms with Gasteiger partial charge in [0.15, 0.2) is 0 Å². The molecular formula is C11H26N4O3. The van der Waals surface area contributed by atoms with Crippen molar-refractivity contribution in [1.82, 2.24) is 5.32 Å². The van der Waals surface area contributed by atoms with Gasteiger partial charge in [-0.25, -0.2) is 0 Å². The molecular weight excluding hydrogens is 236 g/mol. The van der Waals surface area contributed by atoms with Crippen molar-refractivity contribution in [3.05, 3.63) is 0 Å². The van der Waals surface area contributed by atoms with E-state index in [0.717, 1.165) is 13.0 Å². The number of unbranched alkanes of at least 4 members (excludes halogenated alkanes) is 1. The van der Waals surface area contributed by atoms with Crippen LogP contribution in [0.25, 0.3) is 0 Å². The van der Waals surface area contributed by atoms with Crippen LogP contribution >= 0.6 is 0 Å². The number of carbonyl (C=O) groups excluding carboxylic acids is 1. The highest BCUT2D eigenvalue weighted by Crippen LogP contribution is 1.97. The normalized spacial score (nSPS) is 11.1. The molecule has 8 N–H and O–H groups in total. The molecule has 18 heavy (non-hydrogen) atoms. The Kier molecular flexibility index (Phi) is 14.8. The molecule has 7 heteroatoms. The Labute approximate surface area is 108 Å². The number of carboxylic acid groups (broad SMARTS) is 1. The predicted octanol–water partition coefficient (Wildman–Crippen LogP) is -1.00. The smallest absolute Gasteiger partial charge is 0.320 e. The highest BCUT2D eigenvalue weighted by Gasteiger charge is 2.09. The van der Waals surface area contributed by atoms with E-state index in [-0.39, 0.29) is 12.5 Å². The number of carboxylic acids is 1. The van der Waals surface area contributed by atoms with Crippen LogP contribution in [0.15, 0.2) is 0 Å². The number of rotatable bonds is 8. The van der Waals surface area contributed by atoms with E-state index >= 15 is 0 Å². The number of aliphatic carboxylic acids is 1. The quantitative estimate of drug-likeness (QED) is 0.355. The third-order valence-electron chi connectivity index (χ3n) is 2.06. The fraction of sp³-hybridized carbons (Fsp3) is 0.818. The number of nitrogens with one attached hydrogen (secondary N) is 1. The minimum Gasteiger partial charge on any atom is -0.480 e. The van der Waals surface area contributed by atoms with Crippen molar-refractivity contribution in [2.45, 2.75) is 38.6 Å². The summed E-state index contributed by atoms with van der Waals surface area (Å²) in [7, 11) is 0. The number of hydrogen-bond donors (Lipinski definition) is 5. The summed E-state index contributed by atoms with van der Waals surface area (Å²) in [6.45, 7) is 3.37. The van der Waals surface area contributed by atoms with Crippen LogP contribution < -0.4 is 22.5 Å². The molecule has 1 amide bonds. The Morgan fingerprint density at radius 2 is 1.83 bits per heavy atom. The lowest BCUT2D eigenvalue weighted by atomic mass is 10.1. The second-order valence-corrected chi connectivity index (χ2v) is 3.78. The number of hydrogen-bond acceptors (Lipinski definition) is 5. The topological polar surface area (TPSA) is 144 Å². The summed E-state index contributed by atoms with van der Waals surface area (Å²) >= 11 is 0. The first-order valence-electron chi connectivity index (χ1n) is 6.14. The molecule has 0 heterocycles. The van der Waals surface area contributed by atoms with Crippen molar-refractivity contribution in [3.63, 3.8) is 0 Å². The van der Waals surface area contributed by atoms with Gasteiger partial charge >= 0.3 is 5.97 Å². The highest BCUT2D eigenvalue weighted by molar-refractivity contribution is 5.77. The zero-order valence-electron chi connectivity index (χ0n) is 11.0. The Morgan fingerprint density at radius 1 is 1.28 bits per heavy atom. The summed E-state index contributed by atoms with van der Waals surface area (Å²) < 4.78 is 0. The first-order chi connectivity index (χ1) is 8.49. The zero-order chi connectivity index (χ0) is 14.4. The van der Waals surface area contributed by atoms with Gasteiger partial charge in [-0.2, -0.15) is 0 Å². The fourth-order valence-corrected chi connectivity index (χ4v) is 0.913. The van der Waals surface area contributed by atoms with Gasteiger partial charge in [-0.05, 0) is 32.2 Å². The van der Waals surface area contributed by atoms with E-state index in [9.17, 15) is 9.59 Å². The molecule has 0 rings (SSSR count). The molecule has 1 atom stereocenters. The van der Waals surface area contributed by atoms with E-state index in [0.29, 0.717) is 25.8 Å². The van der Waals surface area contributed by atoms with E-state index in [4.69, 9.17) is 22.3 Å². The molecule has 0 aromatic heterocycles. The molecule has 0 bridgehead atoms. The number of nitrogens with two attached hydrogens (primary N) is 3. The van der Waals surface area contributed by atoms with Gasteiger partial charge in [0.1, 0.15) is 6.04 Å². The third-order valence-corrected chi connectivity index (χ3v) is 2.06. The van der Waals surface area contributed by atoms with Gasteiger partial charge < -0.3 is 27.6 Å². The Morgan fingerprint density at radius 3 is 2.22 bits per heavy atom. The minimum atomic E-state index is -0.990. The molecule has 0 saturated carbocycles. The van der Waals surface area contributed by atoms with Gasteiger partial charge in [-0.1, -0.05) is 6.92 Å². The Bertz CT molecular complexity index is 222. The van der Waals surface area contributed by atoms with Crippen molar-refractivity contribution < 1.29 is 14.7 Å². The number of amides is 1. The first-order valence-corrected chi connectivity index (χ1v) is 6.14. The van der Waals surface area contributed by atoms with E-state index < -0.39 is 12.0 Å². The SMILES string of the molecule is CCCN.NCC(=O)NCCCCC(N)C(=O)O. The van der Waals surface area contributed by atoms with Gasteiger partial charge in [0.05, 0.1) is 6.54 Å². The van der Waals surface area contributed by atoms with Gasteiger partial charge in [0.25, 0.3) is 0 Å². The van der Waals surface area contributed by atoms with E-state index in [1.807, 2.05) is 0 Å². The average molecular weight is 262 g/mol. The van der Waals surface area contributed by atoms with Gasteiger partial charge in [-0.3, -0.25) is 9.59 Å². The molecule has 1 unspecified atom stereocenters. The zero-order valence-corrected chi connectivity index (χ0v) is 11.0. The molecule has 108 valence electrons. The lowest BCUT2D eigenvalue weighted by molar-refractivity contribution is -0.138. The molecule has 0 aliphatic carbocycles. The highest BCUT2D eigenvalue weighted by atomic mass is 16.4. The summed E-state index contributed by atoms with van der Waals surface area (Å²) in [5.74, 6) is -1.19. The van der Waals surface area contributed by atoms with Crippen molar-refractivity contribution in [2.24, 2.45) is 17.2 Å². The average Bonchev–Trinajstić information content (AvgIpc) is 2.37. The third kappa shape index (κ3) is 14.8. The summed E-state index contributed by atoms with van der Waals surface area (Å²) in [5, 5.41) is 11.0. The van der Waals surface area contributed by atoms with Gasteiger partial charge in [0, 0.05) is 6.54 Å². The van der Waals surface area contributed by atoms with Crippen molar-refractivity contribution >= 4 is 11.9 Å². The van der Waals surface area contributed by atoms with Crippen LogP contribution in [-0.4, -0.2) is 42.7 Å². The second kappa shape index (κ2) is 13.9. The van der Waals surface area contributed by atoms with Crippen LogP contribution in [-0.2, 0) is 9.59 Å². The van der Waals surface area contributed by atoms with E-state index in [2.05, 4.69) is 12.2 Å². The molecule has 0 aliphatic rings. The molecule has 0 spiro atoms. The summed E-state index contributed by atoms with van der Waals surface area (Å²) in [6.07, 6.45) is 2.92. The maximum atomic E-state index is 10.7. The molecule has 0 aliphatic heterocycles. The van der Waals surface area contributed by atoms with Gasteiger partial charge in [-0.15, -0.1) is 0 Å². The Balaban J connectivity index is 0. The molecule has 0 saturated heterocycles. The molecule has 0 aromatic rings. The maximum Gasteiger partial charge on any atom is 0.320 e. The van der Waals surface area contributed by atoms with E-state index in [1.165, 1.54) is 0 Å². The van der Waals surface area contributed by atoms with Crippen LogP contribution in [0.1, 0.15) is 32.6 Å². The molecule has 7 nitrogen and oxygen atoms in total. The summed E-state index contributed by atoms with van der Waals surface area (Å²) in [6, 6.07) is -0.805. The van der Waals surface area contributed by atoms with Crippen LogP contribution in [0, 0.1) is 0 Å². The minimum absolute atomic E-state index is 0.0192. The van der Waals surface area contributed by atoms with E-state index in [1.54, 1.807) is 0 Å². The van der Waals surface area contributed by atoms with Gasteiger partial charge in [0.2, 0.25) is 5.91 Å². The summed E-state index contributed by atoms with van der Waals surface area (Å²) in [5.41, 5.74) is 15.4. The lowest BCUT2D eigenvalue weighted by Gasteiger charge is -2.06.